The van der Waals surface area contributed by atoms with Gasteiger partial charge in [0.15, 0.2) is 34.5 Å². The van der Waals surface area contributed by atoms with Gasteiger partial charge in [-0.3, -0.25) is 19.9 Å². The molecule has 0 fully saturated rings. The molecule has 0 aromatic heterocycles. The summed E-state index contributed by atoms with van der Waals surface area (Å²) in [6.07, 6.45) is 4.76. The van der Waals surface area contributed by atoms with Gasteiger partial charge in [0.25, 0.3) is 0 Å². The first-order valence-corrected chi connectivity index (χ1v) is 15.6. The highest BCUT2D eigenvalue weighted by molar-refractivity contribution is 5.86. The van der Waals surface area contributed by atoms with Crippen LogP contribution in [0.2, 0.25) is 0 Å². The van der Waals surface area contributed by atoms with Crippen LogP contribution in [-0.2, 0) is 0 Å². The Labute approximate surface area is 271 Å². The molecule has 3 aromatic rings. The average Bonchev–Trinajstić information content (AvgIpc) is 3.00. The molecule has 0 aliphatic heterocycles. The zero-order valence-corrected chi connectivity index (χ0v) is 27.5. The molecular formula is C36H48N4O6. The van der Waals surface area contributed by atoms with Crippen LogP contribution in [0.25, 0.3) is 0 Å². The molecule has 0 saturated heterocycles. The summed E-state index contributed by atoms with van der Waals surface area (Å²) in [4.78, 5) is 16.8. The second kappa shape index (κ2) is 16.7. The largest absolute Gasteiger partial charge is 0.504 e. The molecule has 6 N–H and O–H groups in total. The standard InChI is InChI=1S/C36H48N4O6/c1-22(2)28(37-16-25-10-7-13-31(41)34(25)44)19-40(20-29(23(3)4)38-17-26-11-8-14-32(42)35(26)45)21-30(24(5)6)39-18-27-12-9-15-33(43)36(27)46/h7-18,22-24,28-30,41-46H,19-21H2,1-6H3/t28-,29-,30-/m1/s1. The molecular weight excluding hydrogens is 584 g/mol. The number of para-hydroxylation sites is 3. The van der Waals surface area contributed by atoms with E-state index in [1.165, 1.54) is 18.2 Å². The lowest BCUT2D eigenvalue weighted by Crippen LogP contribution is -2.44. The number of phenolic OH excluding ortho intramolecular Hbond substituents is 6. The second-order valence-electron chi connectivity index (χ2n) is 12.6. The van der Waals surface area contributed by atoms with E-state index in [2.05, 4.69) is 46.4 Å². The van der Waals surface area contributed by atoms with E-state index in [-0.39, 0.29) is 70.4 Å². The van der Waals surface area contributed by atoms with Gasteiger partial charge in [-0.15, -0.1) is 0 Å². The van der Waals surface area contributed by atoms with Crippen LogP contribution >= 0.6 is 0 Å². The molecule has 0 radical (unpaired) electrons. The van der Waals surface area contributed by atoms with E-state index in [0.29, 0.717) is 36.3 Å². The Morgan fingerprint density at radius 2 is 0.739 bits per heavy atom. The fourth-order valence-electron chi connectivity index (χ4n) is 4.79. The summed E-state index contributed by atoms with van der Waals surface area (Å²) in [6, 6.07) is 13.7. The van der Waals surface area contributed by atoms with E-state index >= 15 is 0 Å². The van der Waals surface area contributed by atoms with Gasteiger partial charge in [0, 0.05) is 55.0 Å². The van der Waals surface area contributed by atoms with Gasteiger partial charge < -0.3 is 30.6 Å². The summed E-state index contributed by atoms with van der Waals surface area (Å²) in [5.74, 6) is -0.901. The highest BCUT2D eigenvalue weighted by Gasteiger charge is 2.25. The number of benzene rings is 3. The molecule has 0 saturated carbocycles. The van der Waals surface area contributed by atoms with Gasteiger partial charge in [0.1, 0.15) is 0 Å². The molecule has 0 heterocycles. The molecule has 0 spiro atoms. The van der Waals surface area contributed by atoms with Crippen molar-refractivity contribution in [2.75, 3.05) is 19.6 Å². The Morgan fingerprint density at radius 3 is 0.978 bits per heavy atom. The van der Waals surface area contributed by atoms with Gasteiger partial charge in [-0.05, 0) is 54.2 Å². The summed E-state index contributed by atoms with van der Waals surface area (Å²) in [6.45, 7) is 14.1. The lowest BCUT2D eigenvalue weighted by Gasteiger charge is -2.33. The molecule has 0 aliphatic rings. The maximum Gasteiger partial charge on any atom is 0.166 e. The minimum atomic E-state index is -0.223. The van der Waals surface area contributed by atoms with Gasteiger partial charge in [-0.25, -0.2) is 0 Å². The molecule has 0 bridgehead atoms. The minimum Gasteiger partial charge on any atom is -0.504 e. The summed E-state index contributed by atoms with van der Waals surface area (Å²) < 4.78 is 0. The molecule has 3 rings (SSSR count). The van der Waals surface area contributed by atoms with Crippen molar-refractivity contribution in [1.29, 1.82) is 0 Å². The summed E-state index contributed by atoms with van der Waals surface area (Å²) in [5, 5.41) is 60.8. The minimum absolute atomic E-state index is 0.133. The fourth-order valence-corrected chi connectivity index (χ4v) is 4.79. The number of hydrogen-bond donors (Lipinski definition) is 6. The van der Waals surface area contributed by atoms with E-state index in [9.17, 15) is 30.6 Å². The van der Waals surface area contributed by atoms with Crippen LogP contribution in [0.4, 0.5) is 0 Å². The van der Waals surface area contributed by atoms with Crippen LogP contribution in [0.1, 0.15) is 58.2 Å². The van der Waals surface area contributed by atoms with Crippen LogP contribution in [0, 0.1) is 17.8 Å². The van der Waals surface area contributed by atoms with E-state index < -0.39 is 0 Å². The van der Waals surface area contributed by atoms with Crippen molar-refractivity contribution in [2.45, 2.75) is 59.7 Å². The smallest absolute Gasteiger partial charge is 0.166 e. The first-order valence-electron chi connectivity index (χ1n) is 15.6. The molecule has 3 aromatic carbocycles. The van der Waals surface area contributed by atoms with Crippen molar-refractivity contribution in [2.24, 2.45) is 32.7 Å². The molecule has 0 aliphatic carbocycles. The number of aliphatic imine (C=N–C) groups is 3. The third kappa shape index (κ3) is 9.97. The quantitative estimate of drug-likeness (QED) is 0.0891. The summed E-state index contributed by atoms with van der Waals surface area (Å²) in [7, 11) is 0. The van der Waals surface area contributed by atoms with Gasteiger partial charge in [0.05, 0.1) is 18.1 Å². The van der Waals surface area contributed by atoms with Crippen molar-refractivity contribution in [3.05, 3.63) is 71.3 Å². The van der Waals surface area contributed by atoms with Crippen LogP contribution in [-0.4, -0.2) is 91.9 Å². The topological polar surface area (TPSA) is 162 Å². The molecule has 248 valence electrons. The summed E-state index contributed by atoms with van der Waals surface area (Å²) >= 11 is 0. The lowest BCUT2D eigenvalue weighted by atomic mass is 9.99. The maximum absolute atomic E-state index is 10.3. The highest BCUT2D eigenvalue weighted by atomic mass is 16.3. The van der Waals surface area contributed by atoms with Crippen molar-refractivity contribution >= 4 is 18.6 Å². The van der Waals surface area contributed by atoms with E-state index in [1.807, 2.05) is 0 Å². The maximum atomic E-state index is 10.3. The van der Waals surface area contributed by atoms with Crippen LogP contribution in [0.3, 0.4) is 0 Å². The second-order valence-corrected chi connectivity index (χ2v) is 12.6. The molecule has 10 nitrogen and oxygen atoms in total. The van der Waals surface area contributed by atoms with Crippen LogP contribution in [0.5, 0.6) is 34.5 Å². The van der Waals surface area contributed by atoms with E-state index in [0.717, 1.165) is 0 Å². The zero-order valence-electron chi connectivity index (χ0n) is 27.5. The molecule has 46 heavy (non-hydrogen) atoms. The van der Waals surface area contributed by atoms with Gasteiger partial charge in [0.2, 0.25) is 0 Å². The van der Waals surface area contributed by atoms with Gasteiger partial charge >= 0.3 is 0 Å². The van der Waals surface area contributed by atoms with Gasteiger partial charge in [-0.1, -0.05) is 59.7 Å². The predicted octanol–water partition coefficient (Wildman–Crippen LogP) is 5.95. The third-order valence-electron chi connectivity index (χ3n) is 8.00. The molecule has 0 unspecified atom stereocenters. The Morgan fingerprint density at radius 1 is 0.478 bits per heavy atom. The lowest BCUT2D eigenvalue weighted by molar-refractivity contribution is 0.191. The fraction of sp³-hybridized carbons (Fsp3) is 0.417. The zero-order chi connectivity index (χ0) is 34.0. The number of hydrogen-bond acceptors (Lipinski definition) is 10. The number of phenols is 6. The molecule has 0 amide bonds. The Kier molecular flexibility index (Phi) is 13.0. The summed E-state index contributed by atoms with van der Waals surface area (Å²) in [5.41, 5.74) is 1.26. The van der Waals surface area contributed by atoms with Crippen molar-refractivity contribution < 1.29 is 30.6 Å². The van der Waals surface area contributed by atoms with E-state index in [4.69, 9.17) is 15.0 Å². The number of rotatable bonds is 15. The first kappa shape index (κ1) is 35.9. The molecule has 3 atom stereocenters. The van der Waals surface area contributed by atoms with Crippen molar-refractivity contribution in [3.63, 3.8) is 0 Å². The van der Waals surface area contributed by atoms with Crippen LogP contribution < -0.4 is 0 Å². The number of aromatic hydroxyl groups is 6. The number of nitrogens with zero attached hydrogens (tertiary/aromatic N) is 4. The third-order valence-corrected chi connectivity index (χ3v) is 8.00. The van der Waals surface area contributed by atoms with Crippen LogP contribution in [0.15, 0.2) is 69.6 Å². The Balaban J connectivity index is 1.96. The average molecular weight is 633 g/mol. The van der Waals surface area contributed by atoms with Gasteiger partial charge in [-0.2, -0.15) is 0 Å². The SMILES string of the molecule is CC(C)[C@@H](CN(C[C@@H](N=Cc1cccc(O)c1O)C(C)C)C[C@@H](N=Cc1cccc(O)c1O)C(C)C)N=Cc1cccc(O)c1O. The molecule has 10 heteroatoms. The Bertz CT molecular complexity index is 1340. The normalized spacial score (nSPS) is 14.5. The van der Waals surface area contributed by atoms with E-state index in [1.54, 1.807) is 55.0 Å². The highest BCUT2D eigenvalue weighted by Crippen LogP contribution is 2.29. The predicted molar refractivity (Wildman–Crippen MR) is 184 cm³/mol. The Hall–Kier alpha value is -4.57. The van der Waals surface area contributed by atoms with Crippen molar-refractivity contribution in [1.82, 2.24) is 4.90 Å². The first-order chi connectivity index (χ1) is 21.8. The van der Waals surface area contributed by atoms with Crippen molar-refractivity contribution in [3.8, 4) is 34.5 Å². The monoisotopic (exact) mass is 632 g/mol.